The lowest BCUT2D eigenvalue weighted by Crippen LogP contribution is -2.49. The zero-order valence-electron chi connectivity index (χ0n) is 17.3. The molecule has 2 aliphatic rings. The van der Waals surface area contributed by atoms with Crippen LogP contribution in [0.15, 0.2) is 17.9 Å². The number of aryl methyl sites for hydroxylation is 2. The molecule has 1 fully saturated rings. The molecule has 0 bridgehead atoms. The Balaban J connectivity index is 2.24. The number of carbonyl (C=O) groups is 1. The minimum Gasteiger partial charge on any atom is -0.384 e. The van der Waals surface area contributed by atoms with Gasteiger partial charge in [0.15, 0.2) is 5.76 Å². The van der Waals surface area contributed by atoms with Gasteiger partial charge in [-0.05, 0) is 67.3 Å². The lowest BCUT2D eigenvalue weighted by Gasteiger charge is -2.37. The van der Waals surface area contributed by atoms with Crippen LogP contribution in [0.25, 0.3) is 5.57 Å². The number of methoxy groups -OCH3 is 1. The summed E-state index contributed by atoms with van der Waals surface area (Å²) >= 11 is 6.28. The molecule has 1 amide bonds. The number of hydrogen-bond donors (Lipinski definition) is 1. The molecular weight excluding hydrogens is 414 g/mol. The van der Waals surface area contributed by atoms with Gasteiger partial charge in [0.1, 0.15) is 5.54 Å². The molecule has 1 spiro atoms. The molecule has 1 saturated carbocycles. The normalized spacial score (nSPS) is 24.9. The standard InChI is InChI=1S/C21H28ClNO5S/c1-5-13-11-15(22)12-14(6-2)17(13)18-19(28-29(4,25)26)21(23-20(18)24)9-7-16(27-3)8-10-21/h11-12,16H,5-10H2,1-4H3,(H,23,24). The lowest BCUT2D eigenvalue weighted by molar-refractivity contribution is -0.116. The van der Waals surface area contributed by atoms with Gasteiger partial charge < -0.3 is 14.2 Å². The lowest BCUT2D eigenvalue weighted by atomic mass is 9.78. The molecule has 8 heteroatoms. The van der Waals surface area contributed by atoms with E-state index in [0.717, 1.165) is 22.9 Å². The maximum atomic E-state index is 13.2. The minimum atomic E-state index is -3.82. The van der Waals surface area contributed by atoms with E-state index in [1.807, 2.05) is 26.0 Å². The van der Waals surface area contributed by atoms with Gasteiger partial charge in [-0.3, -0.25) is 4.79 Å². The third-order valence-corrected chi connectivity index (χ3v) is 6.56. The Morgan fingerprint density at radius 2 is 1.72 bits per heavy atom. The molecule has 1 aliphatic carbocycles. The summed E-state index contributed by atoms with van der Waals surface area (Å²) in [6, 6.07) is 3.67. The van der Waals surface area contributed by atoms with Gasteiger partial charge in [-0.25, -0.2) is 0 Å². The first-order valence-corrected chi connectivity index (χ1v) is 12.1. The second-order valence-corrected chi connectivity index (χ2v) is 9.78. The minimum absolute atomic E-state index is 0.0917. The average Bonchev–Trinajstić information content (AvgIpc) is 2.91. The van der Waals surface area contributed by atoms with E-state index < -0.39 is 15.7 Å². The molecule has 0 atom stereocenters. The Kier molecular flexibility index (Phi) is 6.32. The van der Waals surface area contributed by atoms with E-state index in [-0.39, 0.29) is 17.8 Å². The second-order valence-electron chi connectivity index (χ2n) is 7.77. The van der Waals surface area contributed by atoms with Crippen molar-refractivity contribution < 1.29 is 22.1 Å². The van der Waals surface area contributed by atoms with Crippen LogP contribution in [-0.2, 0) is 36.7 Å². The highest BCUT2D eigenvalue weighted by molar-refractivity contribution is 7.86. The van der Waals surface area contributed by atoms with E-state index in [0.29, 0.717) is 49.1 Å². The van der Waals surface area contributed by atoms with Gasteiger partial charge in [0.05, 0.1) is 17.9 Å². The zero-order chi connectivity index (χ0) is 21.4. The Morgan fingerprint density at radius 3 is 2.17 bits per heavy atom. The van der Waals surface area contributed by atoms with Crippen molar-refractivity contribution in [3.63, 3.8) is 0 Å². The fourth-order valence-electron chi connectivity index (χ4n) is 4.45. The smallest absolute Gasteiger partial charge is 0.306 e. The maximum absolute atomic E-state index is 13.2. The van der Waals surface area contributed by atoms with Gasteiger partial charge in [0.2, 0.25) is 0 Å². The Labute approximate surface area is 177 Å². The summed E-state index contributed by atoms with van der Waals surface area (Å²) < 4.78 is 35.3. The van der Waals surface area contributed by atoms with E-state index in [9.17, 15) is 13.2 Å². The molecule has 0 saturated heterocycles. The zero-order valence-corrected chi connectivity index (χ0v) is 18.9. The van der Waals surface area contributed by atoms with Crippen LogP contribution in [0.5, 0.6) is 0 Å². The highest BCUT2D eigenvalue weighted by Gasteiger charge is 2.50. The number of rotatable bonds is 6. The fourth-order valence-corrected chi connectivity index (χ4v) is 5.26. The van der Waals surface area contributed by atoms with Crippen molar-refractivity contribution >= 4 is 33.2 Å². The van der Waals surface area contributed by atoms with Crippen molar-refractivity contribution in [1.82, 2.24) is 5.32 Å². The first-order chi connectivity index (χ1) is 13.6. The van der Waals surface area contributed by atoms with Crippen LogP contribution in [0.4, 0.5) is 0 Å². The molecule has 6 nitrogen and oxygen atoms in total. The average molecular weight is 442 g/mol. The number of benzene rings is 1. The summed E-state index contributed by atoms with van der Waals surface area (Å²) in [6.07, 6.45) is 4.96. The highest BCUT2D eigenvalue weighted by Crippen LogP contribution is 2.45. The summed E-state index contributed by atoms with van der Waals surface area (Å²) in [5.74, 6) is -0.0856. The van der Waals surface area contributed by atoms with Crippen molar-refractivity contribution in [2.24, 2.45) is 0 Å². The largest absolute Gasteiger partial charge is 0.384 e. The van der Waals surface area contributed by atoms with Crippen LogP contribution in [0, 0.1) is 0 Å². The summed E-state index contributed by atoms with van der Waals surface area (Å²) in [5.41, 5.74) is 2.02. The highest BCUT2D eigenvalue weighted by atomic mass is 35.5. The molecule has 0 radical (unpaired) electrons. The van der Waals surface area contributed by atoms with Gasteiger partial charge in [-0.2, -0.15) is 8.42 Å². The van der Waals surface area contributed by atoms with E-state index in [1.54, 1.807) is 7.11 Å². The number of amides is 1. The molecule has 29 heavy (non-hydrogen) atoms. The Morgan fingerprint density at radius 1 is 1.17 bits per heavy atom. The molecule has 3 rings (SSSR count). The second kappa shape index (κ2) is 8.28. The quantitative estimate of drug-likeness (QED) is 0.682. The number of nitrogens with one attached hydrogen (secondary N) is 1. The van der Waals surface area contributed by atoms with Crippen LogP contribution in [0.3, 0.4) is 0 Å². The topological polar surface area (TPSA) is 81.7 Å². The van der Waals surface area contributed by atoms with E-state index in [2.05, 4.69) is 5.32 Å². The van der Waals surface area contributed by atoms with E-state index >= 15 is 0 Å². The van der Waals surface area contributed by atoms with Gasteiger partial charge in [-0.15, -0.1) is 0 Å². The van der Waals surface area contributed by atoms with Gasteiger partial charge >= 0.3 is 10.1 Å². The molecule has 1 aliphatic heterocycles. The monoisotopic (exact) mass is 441 g/mol. The van der Waals surface area contributed by atoms with Crippen LogP contribution in [0.1, 0.15) is 56.2 Å². The molecule has 1 aromatic rings. The van der Waals surface area contributed by atoms with Crippen LogP contribution in [-0.4, -0.2) is 39.3 Å². The predicted octanol–water partition coefficient (Wildman–Crippen LogP) is 3.61. The van der Waals surface area contributed by atoms with Crippen LogP contribution in [0.2, 0.25) is 5.02 Å². The van der Waals surface area contributed by atoms with Crippen molar-refractivity contribution in [3.05, 3.63) is 39.6 Å². The van der Waals surface area contributed by atoms with Crippen LogP contribution >= 0.6 is 11.6 Å². The van der Waals surface area contributed by atoms with Gasteiger partial charge in [0.25, 0.3) is 5.91 Å². The number of halogens is 1. The summed E-state index contributed by atoms with van der Waals surface area (Å²) in [5, 5.41) is 3.66. The van der Waals surface area contributed by atoms with Crippen molar-refractivity contribution in [3.8, 4) is 0 Å². The molecular formula is C21H28ClNO5S. The van der Waals surface area contributed by atoms with E-state index in [1.165, 1.54) is 0 Å². The SMILES string of the molecule is CCc1cc(Cl)cc(CC)c1C1=C(OS(C)(=O)=O)C2(CCC(OC)CC2)NC1=O. The molecule has 1 heterocycles. The molecule has 1 N–H and O–H groups in total. The Hall–Kier alpha value is -1.57. The van der Waals surface area contributed by atoms with Crippen molar-refractivity contribution in [2.75, 3.05) is 13.4 Å². The third kappa shape index (κ3) is 4.32. The summed E-state index contributed by atoms with van der Waals surface area (Å²) in [4.78, 5) is 13.2. The first kappa shape index (κ1) is 22.1. The molecule has 1 aromatic carbocycles. The van der Waals surface area contributed by atoms with Crippen molar-refractivity contribution in [2.45, 2.75) is 64.0 Å². The maximum Gasteiger partial charge on any atom is 0.306 e. The van der Waals surface area contributed by atoms with Crippen molar-refractivity contribution in [1.29, 1.82) is 0 Å². The summed E-state index contributed by atoms with van der Waals surface area (Å²) in [7, 11) is -2.15. The predicted molar refractivity (Wildman–Crippen MR) is 113 cm³/mol. The molecule has 0 unspecified atom stereocenters. The van der Waals surface area contributed by atoms with Gasteiger partial charge in [0, 0.05) is 12.1 Å². The number of hydrogen-bond acceptors (Lipinski definition) is 5. The molecule has 160 valence electrons. The summed E-state index contributed by atoms with van der Waals surface area (Å²) in [6.45, 7) is 3.97. The number of ether oxygens (including phenoxy) is 1. The van der Waals surface area contributed by atoms with E-state index in [4.69, 9.17) is 20.5 Å². The fraction of sp³-hybridized carbons (Fsp3) is 0.571. The van der Waals surface area contributed by atoms with Gasteiger partial charge in [-0.1, -0.05) is 25.4 Å². The number of carbonyl (C=O) groups excluding carboxylic acids is 1. The molecule has 0 aromatic heterocycles. The third-order valence-electron chi connectivity index (χ3n) is 5.87. The Bertz CT molecular complexity index is 921. The first-order valence-electron chi connectivity index (χ1n) is 9.95. The van der Waals surface area contributed by atoms with Crippen LogP contribution < -0.4 is 5.32 Å².